The predicted octanol–water partition coefficient (Wildman–Crippen LogP) is 4.79. The number of methoxy groups -OCH3 is 1. The van der Waals surface area contributed by atoms with Crippen molar-refractivity contribution in [1.82, 2.24) is 5.32 Å². The molecule has 0 saturated heterocycles. The summed E-state index contributed by atoms with van der Waals surface area (Å²) < 4.78 is 5.76. The fourth-order valence-corrected chi connectivity index (χ4v) is 2.77. The minimum absolute atomic E-state index is 0.271. The van der Waals surface area contributed by atoms with Gasteiger partial charge >= 0.3 is 0 Å². The highest BCUT2D eigenvalue weighted by atomic mass is 32.2. The summed E-state index contributed by atoms with van der Waals surface area (Å²) in [6, 6.07) is 6.93. The van der Waals surface area contributed by atoms with Crippen molar-refractivity contribution in [3.05, 3.63) is 29.3 Å². The van der Waals surface area contributed by atoms with E-state index in [1.807, 2.05) is 11.8 Å². The van der Waals surface area contributed by atoms with Gasteiger partial charge in [0.2, 0.25) is 0 Å². The highest BCUT2D eigenvalue weighted by molar-refractivity contribution is 7.99. The largest absolute Gasteiger partial charge is 0.496 e. The summed E-state index contributed by atoms with van der Waals surface area (Å²) in [4.78, 5) is 0. The molecular weight excluding hydrogens is 266 g/mol. The van der Waals surface area contributed by atoms with E-state index in [1.54, 1.807) is 7.11 Å². The first-order valence-corrected chi connectivity index (χ1v) is 8.40. The van der Waals surface area contributed by atoms with Crippen LogP contribution in [-0.2, 0) is 5.75 Å². The zero-order valence-electron chi connectivity index (χ0n) is 13.7. The standard InChI is InChI=1S/C17H29NOS/c1-7-10-18-13(2)14-8-9-16(19-6)15(11-14)12-20-17(3,4)5/h8-9,11,13,18H,7,10,12H2,1-6H3. The Bertz CT molecular complexity index is 412. The Balaban J connectivity index is 2.85. The molecule has 0 aliphatic heterocycles. The normalized spacial score (nSPS) is 13.3. The van der Waals surface area contributed by atoms with Gasteiger partial charge in [0.25, 0.3) is 0 Å². The Labute approximate surface area is 128 Å². The first-order valence-electron chi connectivity index (χ1n) is 7.41. The quantitative estimate of drug-likeness (QED) is 0.781. The van der Waals surface area contributed by atoms with Crippen molar-refractivity contribution >= 4 is 11.8 Å². The molecule has 0 aromatic heterocycles. The second kappa shape index (κ2) is 7.94. The van der Waals surface area contributed by atoms with Crippen LogP contribution in [0.5, 0.6) is 5.75 Å². The maximum atomic E-state index is 5.49. The third kappa shape index (κ3) is 5.76. The molecule has 0 radical (unpaired) electrons. The van der Waals surface area contributed by atoms with Crippen LogP contribution in [0, 0.1) is 0 Å². The van der Waals surface area contributed by atoms with Crippen molar-refractivity contribution in [2.45, 2.75) is 57.6 Å². The number of ether oxygens (including phenoxy) is 1. The Morgan fingerprint density at radius 1 is 1.30 bits per heavy atom. The third-order valence-corrected chi connectivity index (χ3v) is 4.49. The third-order valence-electron chi connectivity index (χ3n) is 3.17. The van der Waals surface area contributed by atoms with Crippen molar-refractivity contribution in [3.8, 4) is 5.75 Å². The van der Waals surface area contributed by atoms with Crippen LogP contribution < -0.4 is 10.1 Å². The molecule has 0 heterocycles. The van der Waals surface area contributed by atoms with E-state index in [-0.39, 0.29) is 4.75 Å². The fourth-order valence-electron chi connectivity index (χ4n) is 1.95. The van der Waals surface area contributed by atoms with Crippen LogP contribution >= 0.6 is 11.8 Å². The minimum atomic E-state index is 0.271. The topological polar surface area (TPSA) is 21.3 Å². The van der Waals surface area contributed by atoms with Gasteiger partial charge in [-0.1, -0.05) is 33.8 Å². The number of rotatable bonds is 7. The van der Waals surface area contributed by atoms with Crippen molar-refractivity contribution in [1.29, 1.82) is 0 Å². The van der Waals surface area contributed by atoms with Crippen LogP contribution in [0.25, 0.3) is 0 Å². The first kappa shape index (κ1) is 17.4. The summed E-state index contributed by atoms with van der Waals surface area (Å²) in [6.07, 6.45) is 1.16. The zero-order chi connectivity index (χ0) is 15.2. The number of nitrogens with one attached hydrogen (secondary N) is 1. The summed E-state index contributed by atoms with van der Waals surface area (Å²) in [7, 11) is 1.75. The summed E-state index contributed by atoms with van der Waals surface area (Å²) in [5.41, 5.74) is 2.62. The molecule has 1 aromatic rings. The molecule has 0 bridgehead atoms. The van der Waals surface area contributed by atoms with Crippen molar-refractivity contribution in [3.63, 3.8) is 0 Å². The molecule has 1 atom stereocenters. The lowest BCUT2D eigenvalue weighted by Crippen LogP contribution is -2.19. The smallest absolute Gasteiger partial charge is 0.122 e. The lowest BCUT2D eigenvalue weighted by atomic mass is 10.0. The maximum absolute atomic E-state index is 5.49. The van der Waals surface area contributed by atoms with Gasteiger partial charge in [0.05, 0.1) is 7.11 Å². The highest BCUT2D eigenvalue weighted by Crippen LogP contribution is 2.32. The molecule has 1 N–H and O–H groups in total. The first-order chi connectivity index (χ1) is 9.37. The van der Waals surface area contributed by atoms with E-state index < -0.39 is 0 Å². The lowest BCUT2D eigenvalue weighted by molar-refractivity contribution is 0.411. The zero-order valence-corrected chi connectivity index (χ0v) is 14.6. The number of thioether (sulfide) groups is 1. The molecular formula is C17H29NOS. The van der Waals surface area contributed by atoms with Gasteiger partial charge in [-0.05, 0) is 37.6 Å². The van der Waals surface area contributed by atoms with Crippen LogP contribution in [0.3, 0.4) is 0 Å². The Kier molecular flexibility index (Phi) is 6.90. The number of benzene rings is 1. The van der Waals surface area contributed by atoms with Gasteiger partial charge in [-0.25, -0.2) is 0 Å². The molecule has 0 spiro atoms. The van der Waals surface area contributed by atoms with Gasteiger partial charge in [0.15, 0.2) is 0 Å². The summed E-state index contributed by atoms with van der Waals surface area (Å²) >= 11 is 1.95. The van der Waals surface area contributed by atoms with Crippen LogP contribution in [-0.4, -0.2) is 18.4 Å². The molecule has 0 fully saturated rings. The molecule has 1 rings (SSSR count). The van der Waals surface area contributed by atoms with E-state index in [4.69, 9.17) is 4.74 Å². The molecule has 20 heavy (non-hydrogen) atoms. The Hall–Kier alpha value is -0.670. The van der Waals surface area contributed by atoms with E-state index in [2.05, 4.69) is 58.1 Å². The molecule has 1 unspecified atom stereocenters. The van der Waals surface area contributed by atoms with Gasteiger partial charge in [-0.15, -0.1) is 0 Å². The van der Waals surface area contributed by atoms with Crippen molar-refractivity contribution < 1.29 is 4.74 Å². The molecule has 0 aliphatic carbocycles. The van der Waals surface area contributed by atoms with Crippen LogP contribution in [0.15, 0.2) is 18.2 Å². The molecule has 2 nitrogen and oxygen atoms in total. The second-order valence-electron chi connectivity index (χ2n) is 6.15. The van der Waals surface area contributed by atoms with Gasteiger partial charge in [-0.2, -0.15) is 11.8 Å². The SMILES string of the molecule is CCCNC(C)c1ccc(OC)c(CSC(C)(C)C)c1. The van der Waals surface area contributed by atoms with E-state index in [0.717, 1.165) is 24.5 Å². The predicted molar refractivity (Wildman–Crippen MR) is 90.8 cm³/mol. The van der Waals surface area contributed by atoms with E-state index in [1.165, 1.54) is 11.1 Å². The van der Waals surface area contributed by atoms with Gasteiger partial charge < -0.3 is 10.1 Å². The molecule has 3 heteroatoms. The van der Waals surface area contributed by atoms with Crippen LogP contribution in [0.2, 0.25) is 0 Å². The second-order valence-corrected chi connectivity index (χ2v) is 7.95. The van der Waals surface area contributed by atoms with Crippen LogP contribution in [0.4, 0.5) is 0 Å². The summed E-state index contributed by atoms with van der Waals surface area (Å²) in [5, 5.41) is 3.54. The molecule has 114 valence electrons. The highest BCUT2D eigenvalue weighted by Gasteiger charge is 2.14. The van der Waals surface area contributed by atoms with Crippen molar-refractivity contribution in [2.24, 2.45) is 0 Å². The molecule has 0 aliphatic rings. The Morgan fingerprint density at radius 2 is 2.00 bits per heavy atom. The van der Waals surface area contributed by atoms with Gasteiger partial charge in [-0.3, -0.25) is 0 Å². The summed E-state index contributed by atoms with van der Waals surface area (Å²) in [6.45, 7) is 12.2. The molecule has 0 saturated carbocycles. The number of hydrogen-bond acceptors (Lipinski definition) is 3. The summed E-state index contributed by atoms with van der Waals surface area (Å²) in [5.74, 6) is 1.98. The van der Waals surface area contributed by atoms with Gasteiger partial charge in [0.1, 0.15) is 5.75 Å². The monoisotopic (exact) mass is 295 g/mol. The van der Waals surface area contributed by atoms with Gasteiger partial charge in [0, 0.05) is 22.1 Å². The fraction of sp³-hybridized carbons (Fsp3) is 0.647. The van der Waals surface area contributed by atoms with E-state index in [0.29, 0.717) is 6.04 Å². The average molecular weight is 295 g/mol. The van der Waals surface area contributed by atoms with Crippen molar-refractivity contribution in [2.75, 3.05) is 13.7 Å². The average Bonchev–Trinajstić information content (AvgIpc) is 2.41. The minimum Gasteiger partial charge on any atom is -0.496 e. The molecule has 1 aromatic carbocycles. The maximum Gasteiger partial charge on any atom is 0.122 e. The Morgan fingerprint density at radius 3 is 2.55 bits per heavy atom. The lowest BCUT2D eigenvalue weighted by Gasteiger charge is -2.20. The van der Waals surface area contributed by atoms with E-state index in [9.17, 15) is 0 Å². The molecule has 0 amide bonds. The number of hydrogen-bond donors (Lipinski definition) is 1. The van der Waals surface area contributed by atoms with E-state index >= 15 is 0 Å². The van der Waals surface area contributed by atoms with Crippen LogP contribution in [0.1, 0.15) is 58.2 Å².